The highest BCUT2D eigenvalue weighted by molar-refractivity contribution is 5.85. The number of hydrogen-bond donors (Lipinski definition) is 3. The summed E-state index contributed by atoms with van der Waals surface area (Å²) < 4.78 is 26.1. The predicted octanol–water partition coefficient (Wildman–Crippen LogP) is 5.30. The second-order valence-corrected chi connectivity index (χ2v) is 10.8. The molecule has 0 radical (unpaired) electrons. The number of amides is 2. The first-order chi connectivity index (χ1) is 19.7. The molecular weight excluding hydrogens is 522 g/mol. The van der Waals surface area contributed by atoms with Gasteiger partial charge in [-0.15, -0.1) is 0 Å². The van der Waals surface area contributed by atoms with E-state index in [1.165, 1.54) is 31.0 Å². The molecule has 3 N–H and O–H groups in total. The van der Waals surface area contributed by atoms with Gasteiger partial charge in [0.05, 0.1) is 13.1 Å². The van der Waals surface area contributed by atoms with Crippen molar-refractivity contribution in [2.45, 2.75) is 71.8 Å². The number of halogens is 2. The Morgan fingerprint density at radius 2 is 1.68 bits per heavy atom. The number of carbonyl (C=O) groups excluding carboxylic acids is 2. The maximum Gasteiger partial charge on any atom is 0.239 e. The molecule has 0 heterocycles. The molecule has 0 saturated heterocycles. The molecule has 2 amide bonds. The lowest BCUT2D eigenvalue weighted by atomic mass is 9.99. The summed E-state index contributed by atoms with van der Waals surface area (Å²) in [4.78, 5) is 26.3. The van der Waals surface area contributed by atoms with Gasteiger partial charge in [0.15, 0.2) is 0 Å². The average Bonchev–Trinajstić information content (AvgIpc) is 3.79. The van der Waals surface area contributed by atoms with Crippen LogP contribution in [0.3, 0.4) is 0 Å². The van der Waals surface area contributed by atoms with E-state index in [2.05, 4.69) is 29.5 Å². The van der Waals surface area contributed by atoms with E-state index in [1.807, 2.05) is 31.9 Å². The zero-order valence-electron chi connectivity index (χ0n) is 25.2. The number of nitrogens with zero attached hydrogens (tertiary/aromatic N) is 1. The molecular formula is C33H48F2N4O2. The number of benzene rings is 2. The monoisotopic (exact) mass is 570 g/mol. The summed E-state index contributed by atoms with van der Waals surface area (Å²) in [6, 6.07) is 11.8. The molecule has 6 nitrogen and oxygen atoms in total. The van der Waals surface area contributed by atoms with Gasteiger partial charge in [-0.1, -0.05) is 56.7 Å². The second-order valence-electron chi connectivity index (χ2n) is 10.8. The van der Waals surface area contributed by atoms with Gasteiger partial charge >= 0.3 is 0 Å². The van der Waals surface area contributed by atoms with Crippen LogP contribution in [-0.4, -0.2) is 56.0 Å². The molecule has 1 saturated carbocycles. The molecule has 2 aromatic rings. The van der Waals surface area contributed by atoms with Crippen molar-refractivity contribution in [1.82, 2.24) is 20.9 Å². The van der Waals surface area contributed by atoms with E-state index >= 15 is 0 Å². The van der Waals surface area contributed by atoms with Crippen molar-refractivity contribution in [1.29, 1.82) is 0 Å². The van der Waals surface area contributed by atoms with Crippen LogP contribution >= 0.6 is 0 Å². The highest BCUT2D eigenvalue weighted by Gasteiger charge is 2.33. The number of carbonyl (C=O) groups is 2. The summed E-state index contributed by atoms with van der Waals surface area (Å²) in [5.41, 5.74) is 3.79. The Morgan fingerprint density at radius 1 is 0.976 bits per heavy atom. The minimum absolute atomic E-state index is 0.0552. The lowest BCUT2D eigenvalue weighted by Crippen LogP contribution is -2.44. The third-order valence-corrected chi connectivity index (χ3v) is 7.06. The zero-order valence-corrected chi connectivity index (χ0v) is 25.2. The molecule has 2 aromatic carbocycles. The molecule has 1 aliphatic carbocycles. The molecule has 1 atom stereocenters. The number of nitrogens with one attached hydrogen (secondary N) is 3. The van der Waals surface area contributed by atoms with Gasteiger partial charge < -0.3 is 20.9 Å². The van der Waals surface area contributed by atoms with E-state index in [9.17, 15) is 18.4 Å². The van der Waals surface area contributed by atoms with Gasteiger partial charge in [-0.2, -0.15) is 0 Å². The SMILES string of the molecule is C=C(C(NCCC)C1CC1)N(C)CC(=O)NCC(=O)NCCCc1cccc(F)c1CCC.Cc1ccc(F)cc1. The molecule has 0 aromatic heterocycles. The van der Waals surface area contributed by atoms with Crippen LogP contribution in [0.25, 0.3) is 0 Å². The van der Waals surface area contributed by atoms with Gasteiger partial charge in [0, 0.05) is 25.3 Å². The first kappa shape index (κ1) is 33.9. The number of hydrogen-bond acceptors (Lipinski definition) is 4. The lowest BCUT2D eigenvalue weighted by Gasteiger charge is -2.29. The van der Waals surface area contributed by atoms with E-state index in [-0.39, 0.29) is 42.6 Å². The molecule has 0 bridgehead atoms. The fourth-order valence-corrected chi connectivity index (χ4v) is 4.54. The fourth-order valence-electron chi connectivity index (χ4n) is 4.54. The van der Waals surface area contributed by atoms with Crippen molar-refractivity contribution < 1.29 is 18.4 Å². The fraction of sp³-hybridized carbons (Fsp3) is 0.515. The normalized spacial score (nSPS) is 13.0. The number of likely N-dealkylation sites (N-methyl/N-ethyl adjacent to an activating group) is 1. The van der Waals surface area contributed by atoms with Crippen LogP contribution in [0.2, 0.25) is 0 Å². The van der Waals surface area contributed by atoms with Crippen LogP contribution in [0.1, 0.15) is 62.6 Å². The van der Waals surface area contributed by atoms with Crippen LogP contribution in [-0.2, 0) is 22.4 Å². The van der Waals surface area contributed by atoms with Gasteiger partial charge in [0.1, 0.15) is 11.6 Å². The van der Waals surface area contributed by atoms with Crippen LogP contribution in [0.4, 0.5) is 8.78 Å². The van der Waals surface area contributed by atoms with Crippen LogP contribution < -0.4 is 16.0 Å². The molecule has 41 heavy (non-hydrogen) atoms. The van der Waals surface area contributed by atoms with Gasteiger partial charge in [-0.05, 0) is 87.2 Å². The Hall–Kier alpha value is -3.26. The number of rotatable bonds is 16. The summed E-state index contributed by atoms with van der Waals surface area (Å²) in [5, 5.41) is 9.04. The topological polar surface area (TPSA) is 73.5 Å². The van der Waals surface area contributed by atoms with Gasteiger partial charge in [0.2, 0.25) is 11.8 Å². The van der Waals surface area contributed by atoms with Crippen LogP contribution in [0.15, 0.2) is 54.7 Å². The summed E-state index contributed by atoms with van der Waals surface area (Å²) in [6.45, 7) is 11.8. The molecule has 0 spiro atoms. The third-order valence-electron chi connectivity index (χ3n) is 7.06. The van der Waals surface area contributed by atoms with Gasteiger partial charge in [0.25, 0.3) is 0 Å². The molecule has 0 aliphatic heterocycles. The van der Waals surface area contributed by atoms with Crippen molar-refractivity contribution in [2.24, 2.45) is 5.92 Å². The Kier molecular flexibility index (Phi) is 15.1. The predicted molar refractivity (Wildman–Crippen MR) is 162 cm³/mol. The van der Waals surface area contributed by atoms with Gasteiger partial charge in [-0.25, -0.2) is 8.78 Å². The minimum atomic E-state index is -0.224. The van der Waals surface area contributed by atoms with Crippen LogP contribution in [0.5, 0.6) is 0 Å². The summed E-state index contributed by atoms with van der Waals surface area (Å²) in [7, 11) is 1.87. The van der Waals surface area contributed by atoms with Crippen molar-refractivity contribution in [2.75, 3.05) is 33.2 Å². The quantitative estimate of drug-likeness (QED) is 0.240. The van der Waals surface area contributed by atoms with E-state index in [0.717, 1.165) is 54.6 Å². The molecule has 226 valence electrons. The van der Waals surface area contributed by atoms with Crippen LogP contribution in [0, 0.1) is 24.5 Å². The Labute approximate surface area is 245 Å². The Bertz CT molecular complexity index is 1080. The van der Waals surface area contributed by atoms with Crippen molar-refractivity contribution in [3.63, 3.8) is 0 Å². The smallest absolute Gasteiger partial charge is 0.239 e. The van der Waals surface area contributed by atoms with E-state index in [4.69, 9.17) is 0 Å². The van der Waals surface area contributed by atoms with Crippen molar-refractivity contribution >= 4 is 11.8 Å². The summed E-state index contributed by atoms with van der Waals surface area (Å²) >= 11 is 0. The second kappa shape index (κ2) is 18.2. The third kappa shape index (κ3) is 12.9. The molecule has 1 aliphatic rings. The summed E-state index contributed by atoms with van der Waals surface area (Å²) in [6.07, 6.45) is 6.48. The Balaban J connectivity index is 0.000000629. The van der Waals surface area contributed by atoms with Gasteiger partial charge in [-0.3, -0.25) is 9.59 Å². The molecule has 1 fully saturated rings. The highest BCUT2D eigenvalue weighted by Crippen LogP contribution is 2.35. The molecule has 8 heteroatoms. The lowest BCUT2D eigenvalue weighted by molar-refractivity contribution is -0.126. The standard InChI is InChI=1S/C26H41FN4O2.C7H7F/c1-5-9-22-20(10-7-12-23(22)27)11-8-16-28-24(32)17-30-25(33)18-31(4)19(3)26(21-13-14-21)29-15-6-2;1-6-2-4-7(8)5-3-6/h7,10,12,21,26,29H,3,5-6,8-9,11,13-18H2,1-2,4H3,(H,28,32)(H,30,33);2-5H,1H3. The number of aryl methyl sites for hydroxylation is 2. The molecule has 3 rings (SSSR count). The maximum absolute atomic E-state index is 14.0. The summed E-state index contributed by atoms with van der Waals surface area (Å²) in [5.74, 6) is -0.152. The van der Waals surface area contributed by atoms with Crippen molar-refractivity contribution in [3.05, 3.63) is 83.1 Å². The molecule has 1 unspecified atom stereocenters. The Morgan fingerprint density at radius 3 is 2.29 bits per heavy atom. The van der Waals surface area contributed by atoms with E-state index in [1.54, 1.807) is 18.2 Å². The van der Waals surface area contributed by atoms with E-state index < -0.39 is 0 Å². The van der Waals surface area contributed by atoms with Crippen molar-refractivity contribution in [3.8, 4) is 0 Å². The first-order valence-corrected chi connectivity index (χ1v) is 14.8. The largest absolute Gasteiger partial charge is 0.368 e. The first-order valence-electron chi connectivity index (χ1n) is 14.8. The minimum Gasteiger partial charge on any atom is -0.368 e. The van der Waals surface area contributed by atoms with E-state index in [0.29, 0.717) is 18.9 Å². The zero-order chi connectivity index (χ0) is 30.2. The highest BCUT2D eigenvalue weighted by atomic mass is 19.1. The average molecular weight is 571 g/mol. The maximum atomic E-state index is 14.0.